The SMILES string of the molecule is CN=C(NCCC(=O)NC(C)C)NCc1sccc1C. The van der Waals surface area contributed by atoms with Crippen LogP contribution in [-0.2, 0) is 11.3 Å². The second-order valence-corrected chi connectivity index (χ2v) is 5.85. The van der Waals surface area contributed by atoms with Gasteiger partial charge in [-0.1, -0.05) is 0 Å². The van der Waals surface area contributed by atoms with E-state index in [0.29, 0.717) is 13.0 Å². The molecule has 1 aromatic heterocycles. The van der Waals surface area contributed by atoms with E-state index < -0.39 is 0 Å². The predicted octanol–water partition coefficient (Wildman–Crippen LogP) is 1.64. The predicted molar refractivity (Wildman–Crippen MR) is 85.2 cm³/mol. The Bertz CT molecular complexity index is 454. The lowest BCUT2D eigenvalue weighted by Crippen LogP contribution is -2.39. The third-order valence-electron chi connectivity index (χ3n) is 2.70. The number of carbonyl (C=O) groups excluding carboxylic acids is 1. The summed E-state index contributed by atoms with van der Waals surface area (Å²) >= 11 is 1.73. The van der Waals surface area contributed by atoms with E-state index in [2.05, 4.69) is 39.3 Å². The van der Waals surface area contributed by atoms with Crippen molar-refractivity contribution in [3.63, 3.8) is 0 Å². The number of amides is 1. The minimum absolute atomic E-state index is 0.0528. The molecule has 0 bridgehead atoms. The number of thiophene rings is 1. The summed E-state index contributed by atoms with van der Waals surface area (Å²) in [4.78, 5) is 16.9. The van der Waals surface area contributed by atoms with Gasteiger partial charge in [-0.05, 0) is 37.8 Å². The number of hydrogen-bond acceptors (Lipinski definition) is 3. The molecule has 0 spiro atoms. The zero-order chi connectivity index (χ0) is 15.0. The molecule has 5 nitrogen and oxygen atoms in total. The molecule has 0 radical (unpaired) electrons. The Morgan fingerprint density at radius 2 is 2.15 bits per heavy atom. The summed E-state index contributed by atoms with van der Waals surface area (Å²) in [7, 11) is 1.73. The highest BCUT2D eigenvalue weighted by Crippen LogP contribution is 2.14. The molecule has 0 saturated carbocycles. The van der Waals surface area contributed by atoms with Crippen molar-refractivity contribution in [2.75, 3.05) is 13.6 Å². The summed E-state index contributed by atoms with van der Waals surface area (Å²) in [6.07, 6.45) is 0.441. The van der Waals surface area contributed by atoms with Crippen LogP contribution in [0.2, 0.25) is 0 Å². The summed E-state index contributed by atoms with van der Waals surface area (Å²) in [6.45, 7) is 7.33. The molecule has 0 atom stereocenters. The molecule has 0 aliphatic rings. The van der Waals surface area contributed by atoms with E-state index in [1.165, 1.54) is 10.4 Å². The Kier molecular flexibility index (Phi) is 7.08. The number of nitrogens with one attached hydrogen (secondary N) is 3. The number of guanidine groups is 1. The van der Waals surface area contributed by atoms with Crippen molar-refractivity contribution in [3.05, 3.63) is 21.9 Å². The van der Waals surface area contributed by atoms with Crippen molar-refractivity contribution in [2.45, 2.75) is 39.8 Å². The van der Waals surface area contributed by atoms with Crippen molar-refractivity contribution >= 4 is 23.2 Å². The van der Waals surface area contributed by atoms with E-state index >= 15 is 0 Å². The Morgan fingerprint density at radius 3 is 2.70 bits per heavy atom. The second kappa shape index (κ2) is 8.58. The molecule has 1 rings (SSSR count). The van der Waals surface area contributed by atoms with E-state index in [1.807, 2.05) is 13.8 Å². The van der Waals surface area contributed by atoms with Crippen LogP contribution in [0.4, 0.5) is 0 Å². The van der Waals surface area contributed by atoms with Crippen LogP contribution in [0.1, 0.15) is 30.7 Å². The van der Waals surface area contributed by atoms with Gasteiger partial charge < -0.3 is 16.0 Å². The minimum atomic E-state index is 0.0528. The van der Waals surface area contributed by atoms with Gasteiger partial charge in [0.2, 0.25) is 5.91 Å². The normalized spacial score (nSPS) is 11.6. The number of hydrogen-bond donors (Lipinski definition) is 3. The Balaban J connectivity index is 2.27. The van der Waals surface area contributed by atoms with Gasteiger partial charge in [0, 0.05) is 30.9 Å². The van der Waals surface area contributed by atoms with Gasteiger partial charge in [0.25, 0.3) is 0 Å². The van der Waals surface area contributed by atoms with Crippen molar-refractivity contribution in [2.24, 2.45) is 4.99 Å². The molecular weight excluding hydrogens is 272 g/mol. The molecule has 1 aromatic rings. The lowest BCUT2D eigenvalue weighted by molar-refractivity contribution is -0.121. The van der Waals surface area contributed by atoms with Crippen LogP contribution >= 0.6 is 11.3 Å². The van der Waals surface area contributed by atoms with Gasteiger partial charge in [-0.15, -0.1) is 11.3 Å². The maximum atomic E-state index is 11.5. The first-order valence-electron chi connectivity index (χ1n) is 6.79. The first-order chi connectivity index (χ1) is 9.52. The fourth-order valence-electron chi connectivity index (χ4n) is 1.66. The lowest BCUT2D eigenvalue weighted by atomic mass is 10.3. The molecule has 6 heteroatoms. The van der Waals surface area contributed by atoms with E-state index in [0.717, 1.165) is 12.5 Å². The number of rotatable bonds is 6. The summed E-state index contributed by atoms with van der Waals surface area (Å²) in [5.41, 5.74) is 1.29. The standard InChI is InChI=1S/C14H24N4OS/c1-10(2)18-13(19)5-7-16-14(15-4)17-9-12-11(3)6-8-20-12/h6,8,10H,5,7,9H2,1-4H3,(H,18,19)(H2,15,16,17). The van der Waals surface area contributed by atoms with Crippen molar-refractivity contribution in [3.8, 4) is 0 Å². The quantitative estimate of drug-likeness (QED) is 0.552. The van der Waals surface area contributed by atoms with Crippen LogP contribution in [0.15, 0.2) is 16.4 Å². The first kappa shape index (κ1) is 16.5. The average molecular weight is 296 g/mol. The Labute approximate surface area is 124 Å². The topological polar surface area (TPSA) is 65.5 Å². The summed E-state index contributed by atoms with van der Waals surface area (Å²) in [5.74, 6) is 0.771. The highest BCUT2D eigenvalue weighted by molar-refractivity contribution is 7.10. The molecule has 1 amide bonds. The number of nitrogens with zero attached hydrogens (tertiary/aromatic N) is 1. The Hall–Kier alpha value is -1.56. The molecule has 3 N–H and O–H groups in total. The van der Waals surface area contributed by atoms with E-state index in [-0.39, 0.29) is 11.9 Å². The fourth-order valence-corrected chi connectivity index (χ4v) is 2.50. The van der Waals surface area contributed by atoms with Gasteiger partial charge in [-0.3, -0.25) is 9.79 Å². The largest absolute Gasteiger partial charge is 0.356 e. The molecule has 1 heterocycles. The smallest absolute Gasteiger partial charge is 0.221 e. The molecule has 0 unspecified atom stereocenters. The summed E-state index contributed by atoms with van der Waals surface area (Å²) < 4.78 is 0. The molecule has 0 aliphatic heterocycles. The van der Waals surface area contributed by atoms with Crippen molar-refractivity contribution in [1.82, 2.24) is 16.0 Å². The van der Waals surface area contributed by atoms with Crippen LogP contribution < -0.4 is 16.0 Å². The minimum Gasteiger partial charge on any atom is -0.356 e. The molecule has 112 valence electrons. The molecule has 0 fully saturated rings. The molecule has 20 heavy (non-hydrogen) atoms. The van der Waals surface area contributed by atoms with Gasteiger partial charge in [0.05, 0.1) is 6.54 Å². The van der Waals surface area contributed by atoms with Gasteiger partial charge in [0.1, 0.15) is 0 Å². The third kappa shape index (κ3) is 6.06. The number of carbonyl (C=O) groups is 1. The zero-order valence-corrected chi connectivity index (χ0v) is 13.4. The van der Waals surface area contributed by atoms with Crippen LogP contribution in [0.5, 0.6) is 0 Å². The highest BCUT2D eigenvalue weighted by atomic mass is 32.1. The second-order valence-electron chi connectivity index (χ2n) is 4.85. The van der Waals surface area contributed by atoms with Crippen molar-refractivity contribution in [1.29, 1.82) is 0 Å². The number of aliphatic imine (C=N–C) groups is 1. The first-order valence-corrected chi connectivity index (χ1v) is 7.67. The molecule has 0 saturated heterocycles. The van der Waals surface area contributed by atoms with Gasteiger partial charge >= 0.3 is 0 Å². The molecular formula is C14H24N4OS. The van der Waals surface area contributed by atoms with Crippen LogP contribution in [-0.4, -0.2) is 31.5 Å². The Morgan fingerprint density at radius 1 is 1.40 bits per heavy atom. The van der Waals surface area contributed by atoms with Gasteiger partial charge in [-0.2, -0.15) is 0 Å². The summed E-state index contributed by atoms with van der Waals surface area (Å²) in [5, 5.41) is 11.3. The van der Waals surface area contributed by atoms with Crippen LogP contribution in [0.3, 0.4) is 0 Å². The lowest BCUT2D eigenvalue weighted by Gasteiger charge is -2.12. The van der Waals surface area contributed by atoms with E-state index in [9.17, 15) is 4.79 Å². The number of aryl methyl sites for hydroxylation is 1. The van der Waals surface area contributed by atoms with Crippen molar-refractivity contribution < 1.29 is 4.79 Å². The average Bonchev–Trinajstić information content (AvgIpc) is 2.78. The maximum Gasteiger partial charge on any atom is 0.221 e. The molecule has 0 aliphatic carbocycles. The van der Waals surface area contributed by atoms with E-state index in [4.69, 9.17) is 0 Å². The van der Waals surface area contributed by atoms with E-state index in [1.54, 1.807) is 18.4 Å². The van der Waals surface area contributed by atoms with Crippen LogP contribution in [0, 0.1) is 6.92 Å². The monoisotopic (exact) mass is 296 g/mol. The van der Waals surface area contributed by atoms with Gasteiger partial charge in [0.15, 0.2) is 5.96 Å². The van der Waals surface area contributed by atoms with Gasteiger partial charge in [-0.25, -0.2) is 0 Å². The third-order valence-corrected chi connectivity index (χ3v) is 3.73. The van der Waals surface area contributed by atoms with Crippen LogP contribution in [0.25, 0.3) is 0 Å². The highest BCUT2D eigenvalue weighted by Gasteiger charge is 2.05. The maximum absolute atomic E-state index is 11.5. The summed E-state index contributed by atoms with van der Waals surface area (Å²) in [6, 6.07) is 2.29. The fraction of sp³-hybridized carbons (Fsp3) is 0.571. The molecule has 0 aromatic carbocycles. The zero-order valence-electron chi connectivity index (χ0n) is 12.6.